The highest BCUT2D eigenvalue weighted by atomic mass is 16.4. The summed E-state index contributed by atoms with van der Waals surface area (Å²) in [6.45, 7) is 3.29. The van der Waals surface area contributed by atoms with Gasteiger partial charge in [0.1, 0.15) is 0 Å². The second-order valence-corrected chi connectivity index (χ2v) is 6.83. The lowest BCUT2D eigenvalue weighted by Crippen LogP contribution is -2.45. The number of rotatable bonds is 6. The summed E-state index contributed by atoms with van der Waals surface area (Å²) >= 11 is 0. The van der Waals surface area contributed by atoms with Gasteiger partial charge >= 0.3 is 5.97 Å². The van der Waals surface area contributed by atoms with E-state index in [2.05, 4.69) is 6.92 Å². The average molecular weight is 295 g/mol. The van der Waals surface area contributed by atoms with Crippen LogP contribution in [0.25, 0.3) is 0 Å². The lowest BCUT2D eigenvalue weighted by atomic mass is 9.88. The molecular weight excluding hydrogens is 266 g/mol. The highest BCUT2D eigenvalue weighted by molar-refractivity contribution is 5.80. The van der Waals surface area contributed by atoms with Crippen LogP contribution < -0.4 is 0 Å². The van der Waals surface area contributed by atoms with Crippen molar-refractivity contribution >= 4 is 11.9 Å². The number of hydrogen-bond acceptors (Lipinski definition) is 2. The van der Waals surface area contributed by atoms with Gasteiger partial charge in [-0.15, -0.1) is 0 Å². The highest BCUT2D eigenvalue weighted by Crippen LogP contribution is 2.33. The van der Waals surface area contributed by atoms with Crippen LogP contribution >= 0.6 is 0 Å². The Balaban J connectivity index is 1.94. The van der Waals surface area contributed by atoms with Crippen LogP contribution in [0.4, 0.5) is 0 Å². The zero-order chi connectivity index (χ0) is 15.2. The van der Waals surface area contributed by atoms with Gasteiger partial charge in [-0.2, -0.15) is 0 Å². The summed E-state index contributed by atoms with van der Waals surface area (Å²) in [5, 5.41) is 9.17. The SMILES string of the molecule is CCCC(CC1CCCC1)C(=O)N1CCC[C@H](C(=O)O)C1. The van der Waals surface area contributed by atoms with Crippen LogP contribution in [-0.2, 0) is 9.59 Å². The highest BCUT2D eigenvalue weighted by Gasteiger charge is 2.32. The molecule has 2 fully saturated rings. The van der Waals surface area contributed by atoms with Crippen molar-refractivity contribution in [1.82, 2.24) is 4.90 Å². The standard InChI is InChI=1S/C17H29NO3/c1-2-6-14(11-13-7-3-4-8-13)16(19)18-10-5-9-15(12-18)17(20)21/h13-15H,2-12H2,1H3,(H,20,21)/t14?,15-/m0/s1. The summed E-state index contributed by atoms with van der Waals surface area (Å²) in [6, 6.07) is 0. The Hall–Kier alpha value is -1.06. The van der Waals surface area contributed by atoms with Crippen molar-refractivity contribution in [2.24, 2.45) is 17.8 Å². The largest absolute Gasteiger partial charge is 0.481 e. The second-order valence-electron chi connectivity index (χ2n) is 6.83. The average Bonchev–Trinajstić information content (AvgIpc) is 2.99. The van der Waals surface area contributed by atoms with Gasteiger partial charge in [-0.3, -0.25) is 9.59 Å². The van der Waals surface area contributed by atoms with Crippen LogP contribution in [0.1, 0.15) is 64.7 Å². The summed E-state index contributed by atoms with van der Waals surface area (Å²) < 4.78 is 0. The zero-order valence-corrected chi connectivity index (χ0v) is 13.2. The maximum absolute atomic E-state index is 12.8. The van der Waals surface area contributed by atoms with E-state index in [0.29, 0.717) is 18.9 Å². The molecular formula is C17H29NO3. The first kappa shape index (κ1) is 16.3. The van der Waals surface area contributed by atoms with E-state index in [4.69, 9.17) is 0 Å². The Morgan fingerprint density at radius 2 is 1.90 bits per heavy atom. The molecule has 1 aliphatic carbocycles. The molecule has 120 valence electrons. The van der Waals surface area contributed by atoms with Gasteiger partial charge in [-0.1, -0.05) is 39.0 Å². The van der Waals surface area contributed by atoms with Crippen molar-refractivity contribution in [3.05, 3.63) is 0 Å². The maximum Gasteiger partial charge on any atom is 0.308 e. The van der Waals surface area contributed by atoms with Crippen LogP contribution in [0.3, 0.4) is 0 Å². The Morgan fingerprint density at radius 1 is 1.19 bits per heavy atom. The molecule has 1 N–H and O–H groups in total. The third-order valence-corrected chi connectivity index (χ3v) is 5.16. The van der Waals surface area contributed by atoms with Gasteiger partial charge in [-0.05, 0) is 31.6 Å². The lowest BCUT2D eigenvalue weighted by molar-refractivity contribution is -0.147. The van der Waals surface area contributed by atoms with E-state index in [1.807, 2.05) is 4.90 Å². The fourth-order valence-electron chi connectivity index (χ4n) is 3.98. The summed E-state index contributed by atoms with van der Waals surface area (Å²) in [4.78, 5) is 25.8. The molecule has 2 aliphatic rings. The van der Waals surface area contributed by atoms with Gasteiger partial charge in [0.25, 0.3) is 0 Å². The second kappa shape index (κ2) is 7.81. The number of carbonyl (C=O) groups excluding carboxylic acids is 1. The van der Waals surface area contributed by atoms with E-state index in [9.17, 15) is 14.7 Å². The third-order valence-electron chi connectivity index (χ3n) is 5.16. The molecule has 0 radical (unpaired) electrons. The number of likely N-dealkylation sites (tertiary alicyclic amines) is 1. The molecule has 0 aromatic carbocycles. The van der Waals surface area contributed by atoms with Gasteiger partial charge in [-0.25, -0.2) is 0 Å². The Morgan fingerprint density at radius 3 is 2.52 bits per heavy atom. The zero-order valence-electron chi connectivity index (χ0n) is 13.2. The quantitative estimate of drug-likeness (QED) is 0.818. The Bertz CT molecular complexity index is 363. The molecule has 1 unspecified atom stereocenters. The van der Waals surface area contributed by atoms with E-state index in [0.717, 1.165) is 32.2 Å². The van der Waals surface area contributed by atoms with E-state index in [-0.39, 0.29) is 17.7 Å². The van der Waals surface area contributed by atoms with Crippen molar-refractivity contribution < 1.29 is 14.7 Å². The molecule has 2 atom stereocenters. The van der Waals surface area contributed by atoms with E-state index < -0.39 is 5.97 Å². The molecule has 2 rings (SSSR count). The predicted octanol–water partition coefficient (Wildman–Crippen LogP) is 3.31. The number of nitrogens with zero attached hydrogens (tertiary/aromatic N) is 1. The summed E-state index contributed by atoms with van der Waals surface area (Å²) in [5.41, 5.74) is 0. The Labute approximate surface area is 127 Å². The maximum atomic E-state index is 12.8. The van der Waals surface area contributed by atoms with Crippen molar-refractivity contribution in [3.8, 4) is 0 Å². The van der Waals surface area contributed by atoms with E-state index in [1.54, 1.807) is 0 Å². The van der Waals surface area contributed by atoms with E-state index >= 15 is 0 Å². The molecule has 1 amide bonds. The van der Waals surface area contributed by atoms with Crippen LogP contribution in [0.15, 0.2) is 0 Å². The number of carbonyl (C=O) groups is 2. The molecule has 1 heterocycles. The smallest absolute Gasteiger partial charge is 0.308 e. The van der Waals surface area contributed by atoms with Crippen LogP contribution in [0.2, 0.25) is 0 Å². The van der Waals surface area contributed by atoms with Crippen molar-refractivity contribution in [3.63, 3.8) is 0 Å². The molecule has 0 aromatic rings. The first-order valence-corrected chi connectivity index (χ1v) is 8.63. The molecule has 0 spiro atoms. The fraction of sp³-hybridized carbons (Fsp3) is 0.882. The van der Waals surface area contributed by atoms with Gasteiger partial charge in [0.15, 0.2) is 0 Å². The van der Waals surface area contributed by atoms with Gasteiger partial charge < -0.3 is 10.0 Å². The van der Waals surface area contributed by atoms with Gasteiger partial charge in [0.05, 0.1) is 5.92 Å². The molecule has 1 saturated carbocycles. The first-order chi connectivity index (χ1) is 10.1. The number of amides is 1. The van der Waals surface area contributed by atoms with Crippen LogP contribution in [-0.4, -0.2) is 35.0 Å². The molecule has 0 aromatic heterocycles. The number of carboxylic acid groups (broad SMARTS) is 1. The van der Waals surface area contributed by atoms with Crippen LogP contribution in [0.5, 0.6) is 0 Å². The van der Waals surface area contributed by atoms with Gasteiger partial charge in [0.2, 0.25) is 5.91 Å². The normalized spacial score (nSPS) is 25.0. The molecule has 0 bridgehead atoms. The topological polar surface area (TPSA) is 57.6 Å². The molecule has 4 nitrogen and oxygen atoms in total. The number of aliphatic carboxylic acids is 1. The van der Waals surface area contributed by atoms with Crippen LogP contribution in [0, 0.1) is 17.8 Å². The fourth-order valence-corrected chi connectivity index (χ4v) is 3.98. The predicted molar refractivity (Wildman–Crippen MR) is 81.9 cm³/mol. The van der Waals surface area contributed by atoms with E-state index in [1.165, 1.54) is 25.7 Å². The number of hydrogen-bond donors (Lipinski definition) is 1. The summed E-state index contributed by atoms with van der Waals surface area (Å²) in [6.07, 6.45) is 9.68. The monoisotopic (exact) mass is 295 g/mol. The lowest BCUT2D eigenvalue weighted by Gasteiger charge is -2.34. The number of carboxylic acids is 1. The summed E-state index contributed by atoms with van der Waals surface area (Å²) in [7, 11) is 0. The number of piperidine rings is 1. The first-order valence-electron chi connectivity index (χ1n) is 8.63. The third kappa shape index (κ3) is 4.45. The molecule has 21 heavy (non-hydrogen) atoms. The minimum Gasteiger partial charge on any atom is -0.481 e. The minimum absolute atomic E-state index is 0.116. The van der Waals surface area contributed by atoms with Crippen molar-refractivity contribution in [1.29, 1.82) is 0 Å². The molecule has 1 aliphatic heterocycles. The molecule has 4 heteroatoms. The van der Waals surface area contributed by atoms with Crippen molar-refractivity contribution in [2.75, 3.05) is 13.1 Å². The summed E-state index contributed by atoms with van der Waals surface area (Å²) in [5.74, 6) is -0.0716. The van der Waals surface area contributed by atoms with Gasteiger partial charge in [0, 0.05) is 19.0 Å². The minimum atomic E-state index is -0.754. The van der Waals surface area contributed by atoms with Crippen molar-refractivity contribution in [2.45, 2.75) is 64.7 Å². The molecule has 1 saturated heterocycles. The Kier molecular flexibility index (Phi) is 6.07.